The van der Waals surface area contributed by atoms with E-state index < -0.39 is 5.97 Å². The van der Waals surface area contributed by atoms with Crippen molar-refractivity contribution in [1.29, 1.82) is 0 Å². The van der Waals surface area contributed by atoms with Crippen LogP contribution >= 0.6 is 0 Å². The van der Waals surface area contributed by atoms with Crippen LogP contribution in [0.1, 0.15) is 53.7 Å². The minimum atomic E-state index is -0.810. The molecular formula is C30H31NO4. The molecule has 0 fully saturated rings. The van der Waals surface area contributed by atoms with E-state index in [-0.39, 0.29) is 12.3 Å². The lowest BCUT2D eigenvalue weighted by atomic mass is 10.0. The minimum absolute atomic E-state index is 0.107. The predicted octanol–water partition coefficient (Wildman–Crippen LogP) is 6.51. The van der Waals surface area contributed by atoms with Crippen molar-refractivity contribution in [3.05, 3.63) is 101 Å². The molecular weight excluding hydrogens is 438 g/mol. The molecule has 1 heterocycles. The first-order valence-corrected chi connectivity index (χ1v) is 12.1. The number of aliphatic carboxylic acids is 1. The van der Waals surface area contributed by atoms with Gasteiger partial charge >= 0.3 is 5.97 Å². The monoisotopic (exact) mass is 469 g/mol. The summed E-state index contributed by atoms with van der Waals surface area (Å²) in [5, 5.41) is 9.95. The standard InChI is InChI=1S/C30H31NO4/c1-21(2)16-22-8-6-12-26(18-22)35-20-23-9-5-10-24(17-23)30(34)31-19-25(11-7-15-29(32)33)27-13-3-4-14-28(27)31/h3-6,8-10,12-14,17-19,21H,7,11,15-16,20H2,1-2H3,(H,32,33). The van der Waals surface area contributed by atoms with Gasteiger partial charge in [-0.25, -0.2) is 0 Å². The van der Waals surface area contributed by atoms with E-state index in [1.165, 1.54) is 5.56 Å². The fourth-order valence-corrected chi connectivity index (χ4v) is 4.38. The van der Waals surface area contributed by atoms with E-state index in [1.807, 2.05) is 66.9 Å². The highest BCUT2D eigenvalue weighted by molar-refractivity contribution is 6.03. The number of nitrogens with zero attached hydrogens (tertiary/aromatic N) is 1. The van der Waals surface area contributed by atoms with Crippen LogP contribution in [0.25, 0.3) is 10.9 Å². The first kappa shape index (κ1) is 24.3. The second kappa shape index (κ2) is 11.0. The largest absolute Gasteiger partial charge is 0.489 e. The average Bonchev–Trinajstić information content (AvgIpc) is 3.21. The number of carboxylic acid groups (broad SMARTS) is 1. The fourth-order valence-electron chi connectivity index (χ4n) is 4.38. The molecule has 0 radical (unpaired) electrons. The molecule has 0 aliphatic carbocycles. The molecule has 5 nitrogen and oxygen atoms in total. The lowest BCUT2D eigenvalue weighted by molar-refractivity contribution is -0.137. The Morgan fingerprint density at radius 3 is 2.51 bits per heavy atom. The summed E-state index contributed by atoms with van der Waals surface area (Å²) < 4.78 is 7.69. The first-order chi connectivity index (χ1) is 16.9. The molecule has 5 heteroatoms. The van der Waals surface area contributed by atoms with Gasteiger partial charge in [-0.05, 0) is 72.2 Å². The molecule has 180 valence electrons. The van der Waals surface area contributed by atoms with Crippen molar-refractivity contribution >= 4 is 22.8 Å². The smallest absolute Gasteiger partial charge is 0.303 e. The van der Waals surface area contributed by atoms with Gasteiger partial charge in [0.05, 0.1) is 5.52 Å². The summed E-state index contributed by atoms with van der Waals surface area (Å²) >= 11 is 0. The Morgan fingerprint density at radius 2 is 1.71 bits per heavy atom. The number of fused-ring (bicyclic) bond motifs is 1. The van der Waals surface area contributed by atoms with Gasteiger partial charge in [-0.2, -0.15) is 0 Å². The van der Waals surface area contributed by atoms with Gasteiger partial charge in [0.2, 0.25) is 0 Å². The van der Waals surface area contributed by atoms with Gasteiger partial charge in [0.25, 0.3) is 5.91 Å². The SMILES string of the molecule is CC(C)Cc1cccc(OCc2cccc(C(=O)n3cc(CCCC(=O)O)c4ccccc43)c2)c1. The maximum Gasteiger partial charge on any atom is 0.303 e. The molecule has 35 heavy (non-hydrogen) atoms. The number of carbonyl (C=O) groups excluding carboxylic acids is 1. The Bertz CT molecular complexity index is 1340. The third-order valence-electron chi connectivity index (χ3n) is 5.97. The molecule has 4 rings (SSSR count). The summed E-state index contributed by atoms with van der Waals surface area (Å²) in [6.45, 7) is 4.77. The maximum absolute atomic E-state index is 13.5. The fraction of sp³-hybridized carbons (Fsp3) is 0.267. The van der Waals surface area contributed by atoms with Crippen molar-refractivity contribution in [2.45, 2.75) is 46.1 Å². The summed E-state index contributed by atoms with van der Waals surface area (Å²) in [5.41, 5.74) is 4.56. The Hall–Kier alpha value is -3.86. The molecule has 0 atom stereocenters. The van der Waals surface area contributed by atoms with Crippen molar-refractivity contribution in [1.82, 2.24) is 4.57 Å². The zero-order valence-corrected chi connectivity index (χ0v) is 20.2. The molecule has 1 N–H and O–H groups in total. The van der Waals surface area contributed by atoms with E-state index in [0.717, 1.165) is 34.2 Å². The number of hydrogen-bond donors (Lipinski definition) is 1. The van der Waals surface area contributed by atoms with E-state index in [2.05, 4.69) is 26.0 Å². The highest BCUT2D eigenvalue weighted by atomic mass is 16.5. The Morgan fingerprint density at radius 1 is 0.943 bits per heavy atom. The van der Waals surface area contributed by atoms with Crippen LogP contribution in [0.3, 0.4) is 0 Å². The van der Waals surface area contributed by atoms with E-state index in [9.17, 15) is 9.59 Å². The van der Waals surface area contributed by atoms with Crippen LogP contribution in [0, 0.1) is 5.92 Å². The number of rotatable bonds is 10. The van der Waals surface area contributed by atoms with Gasteiger partial charge in [-0.15, -0.1) is 0 Å². The van der Waals surface area contributed by atoms with Gasteiger partial charge in [-0.1, -0.05) is 56.3 Å². The van der Waals surface area contributed by atoms with E-state index in [0.29, 0.717) is 30.9 Å². The van der Waals surface area contributed by atoms with Crippen LogP contribution in [0.15, 0.2) is 79.0 Å². The number of carbonyl (C=O) groups is 2. The van der Waals surface area contributed by atoms with E-state index in [4.69, 9.17) is 9.84 Å². The van der Waals surface area contributed by atoms with Gasteiger partial charge in [0.15, 0.2) is 0 Å². The van der Waals surface area contributed by atoms with Crippen molar-refractivity contribution < 1.29 is 19.4 Å². The summed E-state index contributed by atoms with van der Waals surface area (Å²) in [6, 6.07) is 23.4. The molecule has 0 aliphatic rings. The zero-order chi connectivity index (χ0) is 24.8. The van der Waals surface area contributed by atoms with Gasteiger partial charge in [0.1, 0.15) is 12.4 Å². The highest BCUT2D eigenvalue weighted by Gasteiger charge is 2.16. The Labute approximate surface area is 206 Å². The molecule has 0 amide bonds. The highest BCUT2D eigenvalue weighted by Crippen LogP contribution is 2.25. The lowest BCUT2D eigenvalue weighted by Gasteiger charge is -2.11. The topological polar surface area (TPSA) is 68.5 Å². The van der Waals surface area contributed by atoms with Crippen molar-refractivity contribution in [2.75, 3.05) is 0 Å². The second-order valence-corrected chi connectivity index (χ2v) is 9.33. The van der Waals surface area contributed by atoms with Crippen LogP contribution in [-0.2, 0) is 24.2 Å². The van der Waals surface area contributed by atoms with Crippen LogP contribution in [0.5, 0.6) is 5.75 Å². The number of hydrogen-bond acceptors (Lipinski definition) is 3. The normalized spacial score (nSPS) is 11.2. The van der Waals surface area contributed by atoms with Crippen LogP contribution < -0.4 is 4.74 Å². The molecule has 4 aromatic rings. The third-order valence-corrected chi connectivity index (χ3v) is 5.97. The zero-order valence-electron chi connectivity index (χ0n) is 20.2. The van der Waals surface area contributed by atoms with Crippen LogP contribution in [0.2, 0.25) is 0 Å². The number of carboxylic acids is 1. The molecule has 3 aromatic carbocycles. The molecule has 0 spiro atoms. The van der Waals surface area contributed by atoms with Crippen molar-refractivity contribution in [2.24, 2.45) is 5.92 Å². The number of aryl methyl sites for hydroxylation is 1. The molecule has 1 aromatic heterocycles. The van der Waals surface area contributed by atoms with E-state index in [1.54, 1.807) is 4.57 Å². The van der Waals surface area contributed by atoms with Crippen molar-refractivity contribution in [3.8, 4) is 5.75 Å². The van der Waals surface area contributed by atoms with Crippen molar-refractivity contribution in [3.63, 3.8) is 0 Å². The maximum atomic E-state index is 13.5. The van der Waals surface area contributed by atoms with Gasteiger partial charge in [-0.3, -0.25) is 14.2 Å². The van der Waals surface area contributed by atoms with Gasteiger partial charge in [0, 0.05) is 23.6 Å². The third kappa shape index (κ3) is 6.18. The summed E-state index contributed by atoms with van der Waals surface area (Å²) in [7, 11) is 0. The quantitative estimate of drug-likeness (QED) is 0.287. The van der Waals surface area contributed by atoms with Crippen LogP contribution in [0.4, 0.5) is 0 Å². The number of para-hydroxylation sites is 1. The average molecular weight is 470 g/mol. The molecule has 0 saturated heterocycles. The molecule has 0 saturated carbocycles. The summed E-state index contributed by atoms with van der Waals surface area (Å²) in [6.07, 6.45) is 4.10. The second-order valence-electron chi connectivity index (χ2n) is 9.33. The van der Waals surface area contributed by atoms with Crippen LogP contribution in [-0.4, -0.2) is 21.6 Å². The number of aromatic nitrogens is 1. The molecule has 0 aliphatic heterocycles. The van der Waals surface area contributed by atoms with Gasteiger partial charge < -0.3 is 9.84 Å². The summed E-state index contributed by atoms with van der Waals surface area (Å²) in [5.74, 6) is 0.472. The lowest BCUT2D eigenvalue weighted by Crippen LogP contribution is -2.11. The molecule has 0 unspecified atom stereocenters. The Kier molecular flexibility index (Phi) is 7.66. The Balaban J connectivity index is 1.52. The number of ether oxygens (including phenoxy) is 1. The number of benzene rings is 3. The predicted molar refractivity (Wildman–Crippen MR) is 138 cm³/mol. The summed E-state index contributed by atoms with van der Waals surface area (Å²) in [4.78, 5) is 24.4. The van der Waals surface area contributed by atoms with E-state index >= 15 is 0 Å². The first-order valence-electron chi connectivity index (χ1n) is 12.1. The molecule has 0 bridgehead atoms. The minimum Gasteiger partial charge on any atom is -0.489 e.